The van der Waals surface area contributed by atoms with Gasteiger partial charge in [-0.05, 0) is 26.7 Å². The van der Waals surface area contributed by atoms with E-state index in [1.165, 1.54) is 0 Å². The van der Waals surface area contributed by atoms with E-state index in [1.54, 1.807) is 6.08 Å². The topological polar surface area (TPSA) is 38.8 Å². The van der Waals surface area contributed by atoms with Gasteiger partial charge in [-0.2, -0.15) is 0 Å². The molecule has 0 spiro atoms. The molecule has 0 aromatic rings. The minimum Gasteiger partial charge on any atom is -0.461 e. The molecule has 0 aromatic carbocycles. The predicted molar refractivity (Wildman–Crippen MR) is 51.8 cm³/mol. The van der Waals surface area contributed by atoms with Crippen LogP contribution in [0.25, 0.3) is 0 Å². The molecular formula is C11H16O3. The summed E-state index contributed by atoms with van der Waals surface area (Å²) in [4.78, 5) is 11.5. The van der Waals surface area contributed by atoms with Crippen LogP contribution >= 0.6 is 0 Å². The average molecular weight is 196 g/mol. The number of carbonyl (C=O) groups is 1. The largest absolute Gasteiger partial charge is 0.461 e. The van der Waals surface area contributed by atoms with Crippen molar-refractivity contribution in [3.05, 3.63) is 12.7 Å². The van der Waals surface area contributed by atoms with Crippen molar-refractivity contribution < 1.29 is 14.3 Å². The second-order valence-corrected chi connectivity index (χ2v) is 4.59. The van der Waals surface area contributed by atoms with Crippen LogP contribution in [-0.2, 0) is 14.3 Å². The van der Waals surface area contributed by atoms with Gasteiger partial charge in [-0.1, -0.05) is 12.7 Å². The molecule has 3 heteroatoms. The first-order valence-electron chi connectivity index (χ1n) is 4.98. The van der Waals surface area contributed by atoms with Gasteiger partial charge in [0, 0.05) is 0 Å². The highest BCUT2D eigenvalue weighted by atomic mass is 16.6. The molecule has 2 aliphatic rings. The van der Waals surface area contributed by atoms with E-state index in [2.05, 4.69) is 20.4 Å². The van der Waals surface area contributed by atoms with Crippen LogP contribution in [0.4, 0.5) is 0 Å². The Bertz CT molecular complexity index is 270. The van der Waals surface area contributed by atoms with Crippen molar-refractivity contribution in [2.45, 2.75) is 37.9 Å². The van der Waals surface area contributed by atoms with E-state index in [1.807, 2.05) is 0 Å². The summed E-state index contributed by atoms with van der Waals surface area (Å²) in [6.45, 7) is 7.94. The molecule has 2 unspecified atom stereocenters. The zero-order valence-electron chi connectivity index (χ0n) is 8.71. The molecular weight excluding hydrogens is 180 g/mol. The molecule has 14 heavy (non-hydrogen) atoms. The maximum absolute atomic E-state index is 11.5. The fourth-order valence-corrected chi connectivity index (χ4v) is 2.42. The molecule has 2 fully saturated rings. The number of rotatable bonds is 3. The predicted octanol–water partition coefficient (Wildman–Crippen LogP) is 1.67. The van der Waals surface area contributed by atoms with Gasteiger partial charge >= 0.3 is 5.97 Å². The lowest BCUT2D eigenvalue weighted by molar-refractivity contribution is -0.148. The monoisotopic (exact) mass is 196 g/mol. The van der Waals surface area contributed by atoms with Gasteiger partial charge < -0.3 is 9.47 Å². The Hall–Kier alpha value is -0.830. The second kappa shape index (κ2) is 2.83. The molecule has 1 saturated heterocycles. The van der Waals surface area contributed by atoms with Gasteiger partial charge in [0.05, 0.1) is 17.1 Å². The quantitative estimate of drug-likeness (QED) is 0.391. The summed E-state index contributed by atoms with van der Waals surface area (Å²) in [5.41, 5.74) is -0.157. The van der Waals surface area contributed by atoms with Crippen LogP contribution in [0.15, 0.2) is 12.7 Å². The molecule has 1 saturated carbocycles. The third kappa shape index (κ3) is 1.27. The molecule has 1 heterocycles. The molecule has 78 valence electrons. The van der Waals surface area contributed by atoms with Crippen LogP contribution in [0.5, 0.6) is 0 Å². The number of ether oxygens (including phenoxy) is 2. The molecule has 0 radical (unpaired) electrons. The van der Waals surface area contributed by atoms with Crippen molar-refractivity contribution in [3.8, 4) is 0 Å². The van der Waals surface area contributed by atoms with E-state index in [0.717, 1.165) is 12.8 Å². The third-order valence-corrected chi connectivity index (χ3v) is 3.48. The van der Waals surface area contributed by atoms with Crippen LogP contribution in [-0.4, -0.2) is 23.8 Å². The number of hydrogen-bond acceptors (Lipinski definition) is 3. The number of esters is 1. The van der Waals surface area contributed by atoms with Gasteiger partial charge in [0.2, 0.25) is 0 Å². The van der Waals surface area contributed by atoms with Crippen molar-refractivity contribution in [1.82, 2.24) is 0 Å². The molecule has 0 aromatic heterocycles. The Balaban J connectivity index is 1.91. The number of fused-ring (bicyclic) bond motifs is 1. The summed E-state index contributed by atoms with van der Waals surface area (Å²) in [5.74, 6) is -0.0955. The number of hydrogen-bond donors (Lipinski definition) is 0. The van der Waals surface area contributed by atoms with E-state index in [0.29, 0.717) is 6.61 Å². The fraction of sp³-hybridized carbons (Fsp3) is 0.727. The summed E-state index contributed by atoms with van der Waals surface area (Å²) in [6.07, 6.45) is 3.17. The maximum atomic E-state index is 11.5. The Morgan fingerprint density at radius 2 is 2.14 bits per heavy atom. The lowest BCUT2D eigenvalue weighted by Gasteiger charge is -2.11. The van der Waals surface area contributed by atoms with Crippen molar-refractivity contribution in [2.24, 2.45) is 5.92 Å². The first-order valence-corrected chi connectivity index (χ1v) is 4.98. The highest BCUT2D eigenvalue weighted by molar-refractivity contribution is 5.74. The summed E-state index contributed by atoms with van der Waals surface area (Å²) < 4.78 is 10.6. The minimum absolute atomic E-state index is 0.0127. The van der Waals surface area contributed by atoms with Crippen molar-refractivity contribution in [1.29, 1.82) is 0 Å². The molecule has 1 aliphatic heterocycles. The molecule has 0 bridgehead atoms. The zero-order valence-corrected chi connectivity index (χ0v) is 8.71. The summed E-state index contributed by atoms with van der Waals surface area (Å²) in [6, 6.07) is 0. The van der Waals surface area contributed by atoms with Gasteiger partial charge in [0.25, 0.3) is 0 Å². The summed E-state index contributed by atoms with van der Waals surface area (Å²) >= 11 is 0. The van der Waals surface area contributed by atoms with E-state index in [-0.39, 0.29) is 23.1 Å². The van der Waals surface area contributed by atoms with Gasteiger partial charge in [-0.3, -0.25) is 4.79 Å². The average Bonchev–Trinajstić information content (AvgIpc) is 2.52. The SMILES string of the molecule is C=CCOC(=O)C1CC2(C)OC2(C)C1. The molecule has 0 amide bonds. The van der Waals surface area contributed by atoms with Crippen molar-refractivity contribution in [2.75, 3.05) is 6.61 Å². The number of epoxide rings is 1. The van der Waals surface area contributed by atoms with Crippen LogP contribution in [0.3, 0.4) is 0 Å². The summed E-state index contributed by atoms with van der Waals surface area (Å²) in [7, 11) is 0. The van der Waals surface area contributed by atoms with E-state index < -0.39 is 0 Å². The van der Waals surface area contributed by atoms with E-state index >= 15 is 0 Å². The van der Waals surface area contributed by atoms with Gasteiger partial charge in [-0.15, -0.1) is 0 Å². The number of carbonyl (C=O) groups excluding carboxylic acids is 1. The van der Waals surface area contributed by atoms with Gasteiger partial charge in [-0.25, -0.2) is 0 Å². The summed E-state index contributed by atoms with van der Waals surface area (Å²) in [5, 5.41) is 0. The van der Waals surface area contributed by atoms with Gasteiger partial charge in [0.1, 0.15) is 6.61 Å². The first-order chi connectivity index (χ1) is 6.51. The van der Waals surface area contributed by atoms with Gasteiger partial charge in [0.15, 0.2) is 0 Å². The zero-order chi connectivity index (χ0) is 10.4. The molecule has 2 atom stereocenters. The normalized spacial score (nSPS) is 44.3. The Kier molecular flexibility index (Phi) is 1.96. The Labute approximate surface area is 84.1 Å². The highest BCUT2D eigenvalue weighted by Gasteiger charge is 2.70. The first kappa shape index (κ1) is 9.71. The third-order valence-electron chi connectivity index (χ3n) is 3.48. The van der Waals surface area contributed by atoms with Crippen LogP contribution < -0.4 is 0 Å². The van der Waals surface area contributed by atoms with Crippen molar-refractivity contribution >= 4 is 5.97 Å². The van der Waals surface area contributed by atoms with Crippen molar-refractivity contribution in [3.63, 3.8) is 0 Å². The van der Waals surface area contributed by atoms with Crippen LogP contribution in [0.2, 0.25) is 0 Å². The van der Waals surface area contributed by atoms with Crippen LogP contribution in [0.1, 0.15) is 26.7 Å². The smallest absolute Gasteiger partial charge is 0.309 e. The molecule has 0 N–H and O–H groups in total. The maximum Gasteiger partial charge on any atom is 0.309 e. The Morgan fingerprint density at radius 1 is 1.57 bits per heavy atom. The molecule has 3 nitrogen and oxygen atoms in total. The lowest BCUT2D eigenvalue weighted by Crippen LogP contribution is -2.19. The van der Waals surface area contributed by atoms with Crippen LogP contribution in [0, 0.1) is 5.92 Å². The lowest BCUT2D eigenvalue weighted by atomic mass is 10.0. The standard InChI is InChI=1S/C11H16O3/c1-4-5-13-9(12)8-6-10(2)11(3,7-8)14-10/h4,8H,1,5-7H2,2-3H3. The Morgan fingerprint density at radius 3 is 2.64 bits per heavy atom. The minimum atomic E-state index is -0.108. The van der Waals surface area contributed by atoms with E-state index in [4.69, 9.17) is 9.47 Å². The fourth-order valence-electron chi connectivity index (χ4n) is 2.42. The molecule has 2 rings (SSSR count). The second-order valence-electron chi connectivity index (χ2n) is 4.59. The van der Waals surface area contributed by atoms with E-state index in [9.17, 15) is 4.79 Å². The molecule has 1 aliphatic carbocycles. The highest BCUT2D eigenvalue weighted by Crippen LogP contribution is 2.61.